The lowest BCUT2D eigenvalue weighted by Crippen LogP contribution is -2.26. The normalized spacial score (nSPS) is 11.8. The van der Waals surface area contributed by atoms with E-state index in [1.165, 1.54) is 0 Å². The SMILES string of the molecule is CC(NC(=O)c1cn(Cc2ccccc2)nc1-c1ccc(Cl)cc1)c1ccncc1. The van der Waals surface area contributed by atoms with E-state index in [1.54, 1.807) is 35.4 Å². The summed E-state index contributed by atoms with van der Waals surface area (Å²) in [6.07, 6.45) is 5.23. The first-order chi connectivity index (χ1) is 14.6. The largest absolute Gasteiger partial charge is 0.345 e. The minimum atomic E-state index is -0.177. The van der Waals surface area contributed by atoms with Crippen molar-refractivity contribution in [2.45, 2.75) is 19.5 Å². The van der Waals surface area contributed by atoms with Crippen LogP contribution in [0.15, 0.2) is 85.3 Å². The van der Waals surface area contributed by atoms with Gasteiger partial charge in [0.1, 0.15) is 5.69 Å². The molecular formula is C24H21ClN4O. The molecule has 0 fully saturated rings. The fourth-order valence-electron chi connectivity index (χ4n) is 3.27. The third kappa shape index (κ3) is 4.58. The highest BCUT2D eigenvalue weighted by Gasteiger charge is 2.20. The van der Waals surface area contributed by atoms with E-state index in [2.05, 4.69) is 10.3 Å². The van der Waals surface area contributed by atoms with Gasteiger partial charge in [0.25, 0.3) is 5.91 Å². The molecule has 0 saturated heterocycles. The van der Waals surface area contributed by atoms with Crippen LogP contribution in [0.4, 0.5) is 0 Å². The van der Waals surface area contributed by atoms with Crippen LogP contribution in [0, 0.1) is 0 Å². The van der Waals surface area contributed by atoms with Gasteiger partial charge in [-0.05, 0) is 42.3 Å². The van der Waals surface area contributed by atoms with Crippen molar-refractivity contribution < 1.29 is 4.79 Å². The average Bonchev–Trinajstić information content (AvgIpc) is 3.19. The zero-order valence-corrected chi connectivity index (χ0v) is 17.3. The number of carbonyl (C=O) groups is 1. The average molecular weight is 417 g/mol. The quantitative estimate of drug-likeness (QED) is 0.473. The lowest BCUT2D eigenvalue weighted by Gasteiger charge is -2.14. The summed E-state index contributed by atoms with van der Waals surface area (Å²) in [4.78, 5) is 17.2. The van der Waals surface area contributed by atoms with Gasteiger partial charge < -0.3 is 5.32 Å². The second-order valence-electron chi connectivity index (χ2n) is 7.06. The summed E-state index contributed by atoms with van der Waals surface area (Å²) in [6.45, 7) is 2.53. The van der Waals surface area contributed by atoms with E-state index in [1.807, 2.05) is 61.5 Å². The van der Waals surface area contributed by atoms with Gasteiger partial charge >= 0.3 is 0 Å². The number of nitrogens with zero attached hydrogens (tertiary/aromatic N) is 3. The number of pyridine rings is 1. The highest BCUT2D eigenvalue weighted by Crippen LogP contribution is 2.25. The van der Waals surface area contributed by atoms with E-state index in [0.717, 1.165) is 16.7 Å². The van der Waals surface area contributed by atoms with Gasteiger partial charge in [0.05, 0.1) is 18.2 Å². The molecule has 2 aromatic carbocycles. The van der Waals surface area contributed by atoms with Gasteiger partial charge in [-0.2, -0.15) is 5.10 Å². The standard InChI is InChI=1S/C24H21ClN4O/c1-17(19-11-13-26-14-12-19)27-24(30)22-16-29(15-18-5-3-2-4-6-18)28-23(22)20-7-9-21(25)10-8-20/h2-14,16-17H,15H2,1H3,(H,27,30). The molecular weight excluding hydrogens is 396 g/mol. The van der Waals surface area contributed by atoms with E-state index in [4.69, 9.17) is 16.7 Å². The molecule has 1 N–H and O–H groups in total. The van der Waals surface area contributed by atoms with Crippen molar-refractivity contribution in [2.24, 2.45) is 0 Å². The fourth-order valence-corrected chi connectivity index (χ4v) is 3.40. The highest BCUT2D eigenvalue weighted by atomic mass is 35.5. The number of hydrogen-bond donors (Lipinski definition) is 1. The monoisotopic (exact) mass is 416 g/mol. The van der Waals surface area contributed by atoms with Crippen molar-refractivity contribution in [3.8, 4) is 11.3 Å². The Morgan fingerprint density at radius 3 is 2.43 bits per heavy atom. The summed E-state index contributed by atoms with van der Waals surface area (Å²) >= 11 is 6.04. The Kier molecular flexibility index (Phi) is 5.91. The number of aromatic nitrogens is 3. The third-order valence-corrected chi connectivity index (χ3v) is 5.12. The van der Waals surface area contributed by atoms with Crippen molar-refractivity contribution in [1.29, 1.82) is 0 Å². The summed E-state index contributed by atoms with van der Waals surface area (Å²) in [5.74, 6) is -0.177. The lowest BCUT2D eigenvalue weighted by molar-refractivity contribution is 0.0940. The molecule has 0 aliphatic heterocycles. The predicted molar refractivity (Wildman–Crippen MR) is 118 cm³/mol. The van der Waals surface area contributed by atoms with Crippen LogP contribution in [0.25, 0.3) is 11.3 Å². The van der Waals surface area contributed by atoms with E-state index in [9.17, 15) is 4.79 Å². The van der Waals surface area contributed by atoms with Crippen LogP contribution in [0.1, 0.15) is 34.5 Å². The van der Waals surface area contributed by atoms with Gasteiger partial charge in [-0.25, -0.2) is 0 Å². The van der Waals surface area contributed by atoms with E-state index in [0.29, 0.717) is 22.8 Å². The summed E-state index contributed by atoms with van der Waals surface area (Å²) in [6, 6.07) is 21.0. The van der Waals surface area contributed by atoms with E-state index >= 15 is 0 Å². The summed E-state index contributed by atoms with van der Waals surface area (Å²) in [5, 5.41) is 8.41. The Hall–Kier alpha value is -3.44. The molecule has 1 unspecified atom stereocenters. The Morgan fingerprint density at radius 1 is 1.03 bits per heavy atom. The topological polar surface area (TPSA) is 59.8 Å². The van der Waals surface area contributed by atoms with Crippen molar-refractivity contribution >= 4 is 17.5 Å². The van der Waals surface area contributed by atoms with Gasteiger partial charge in [0.15, 0.2) is 0 Å². The van der Waals surface area contributed by atoms with Crippen molar-refractivity contribution in [3.05, 3.63) is 107 Å². The molecule has 6 heteroatoms. The molecule has 1 amide bonds. The van der Waals surface area contributed by atoms with Crippen LogP contribution in [-0.4, -0.2) is 20.7 Å². The van der Waals surface area contributed by atoms with Crippen LogP contribution in [0.3, 0.4) is 0 Å². The van der Waals surface area contributed by atoms with Crippen LogP contribution in [-0.2, 0) is 6.54 Å². The smallest absolute Gasteiger partial charge is 0.255 e. The number of hydrogen-bond acceptors (Lipinski definition) is 3. The number of halogens is 1. The Balaban J connectivity index is 1.65. The van der Waals surface area contributed by atoms with E-state index < -0.39 is 0 Å². The van der Waals surface area contributed by atoms with Gasteiger partial charge in [0, 0.05) is 29.2 Å². The summed E-state index contributed by atoms with van der Waals surface area (Å²) in [5.41, 5.74) is 4.09. The minimum Gasteiger partial charge on any atom is -0.345 e. The summed E-state index contributed by atoms with van der Waals surface area (Å²) < 4.78 is 1.80. The molecule has 4 aromatic rings. The highest BCUT2D eigenvalue weighted by molar-refractivity contribution is 6.30. The molecule has 2 heterocycles. The number of rotatable bonds is 6. The first-order valence-electron chi connectivity index (χ1n) is 9.68. The predicted octanol–water partition coefficient (Wildman–Crippen LogP) is 5.14. The first kappa shape index (κ1) is 19.9. The molecule has 1 atom stereocenters. The molecule has 5 nitrogen and oxygen atoms in total. The molecule has 0 spiro atoms. The Labute approximate surface area is 180 Å². The maximum atomic E-state index is 13.1. The Bertz CT molecular complexity index is 1130. The molecule has 0 saturated carbocycles. The van der Waals surface area contributed by atoms with Crippen LogP contribution >= 0.6 is 11.6 Å². The minimum absolute atomic E-state index is 0.156. The first-order valence-corrected chi connectivity index (χ1v) is 10.1. The zero-order chi connectivity index (χ0) is 20.9. The third-order valence-electron chi connectivity index (χ3n) is 4.87. The van der Waals surface area contributed by atoms with Gasteiger partial charge in [-0.15, -0.1) is 0 Å². The molecule has 4 rings (SSSR count). The van der Waals surface area contributed by atoms with Gasteiger partial charge in [-0.1, -0.05) is 54.1 Å². The molecule has 30 heavy (non-hydrogen) atoms. The maximum absolute atomic E-state index is 13.1. The molecule has 150 valence electrons. The van der Waals surface area contributed by atoms with Gasteiger partial charge in [-0.3, -0.25) is 14.5 Å². The fraction of sp³-hybridized carbons (Fsp3) is 0.125. The Morgan fingerprint density at radius 2 is 1.73 bits per heavy atom. The maximum Gasteiger partial charge on any atom is 0.255 e. The van der Waals surface area contributed by atoms with Crippen molar-refractivity contribution in [1.82, 2.24) is 20.1 Å². The van der Waals surface area contributed by atoms with Crippen LogP contribution in [0.5, 0.6) is 0 Å². The zero-order valence-electron chi connectivity index (χ0n) is 16.5. The van der Waals surface area contributed by atoms with E-state index in [-0.39, 0.29) is 11.9 Å². The molecule has 0 aliphatic carbocycles. The van der Waals surface area contributed by atoms with Crippen LogP contribution < -0.4 is 5.32 Å². The second kappa shape index (κ2) is 8.93. The molecule has 0 radical (unpaired) electrons. The van der Waals surface area contributed by atoms with Crippen molar-refractivity contribution in [2.75, 3.05) is 0 Å². The lowest BCUT2D eigenvalue weighted by atomic mass is 10.1. The molecule has 0 aliphatic rings. The molecule has 0 bridgehead atoms. The number of carbonyl (C=O) groups excluding carboxylic acids is 1. The van der Waals surface area contributed by atoms with Crippen LogP contribution in [0.2, 0.25) is 5.02 Å². The number of nitrogens with one attached hydrogen (secondary N) is 1. The molecule has 2 aromatic heterocycles. The number of benzene rings is 2. The second-order valence-corrected chi connectivity index (χ2v) is 7.49. The summed E-state index contributed by atoms with van der Waals surface area (Å²) in [7, 11) is 0. The van der Waals surface area contributed by atoms with Gasteiger partial charge in [0.2, 0.25) is 0 Å². The van der Waals surface area contributed by atoms with Crippen molar-refractivity contribution in [3.63, 3.8) is 0 Å². The number of amides is 1.